The van der Waals surface area contributed by atoms with E-state index in [4.69, 9.17) is 10.4 Å². The van der Waals surface area contributed by atoms with Gasteiger partial charge in [0.2, 0.25) is 0 Å². The highest BCUT2D eigenvalue weighted by molar-refractivity contribution is 5.48. The number of aliphatic hydroxyl groups is 1. The Morgan fingerprint density at radius 3 is 2.79 bits per heavy atom. The van der Waals surface area contributed by atoms with Gasteiger partial charge in [-0.3, -0.25) is 0 Å². The Labute approximate surface area is 82.4 Å². The van der Waals surface area contributed by atoms with E-state index in [2.05, 4.69) is 5.32 Å². The highest BCUT2D eigenvalue weighted by Crippen LogP contribution is 2.26. The zero-order valence-electron chi connectivity index (χ0n) is 7.86. The van der Waals surface area contributed by atoms with E-state index in [0.29, 0.717) is 5.56 Å². The van der Waals surface area contributed by atoms with Gasteiger partial charge < -0.3 is 15.5 Å². The summed E-state index contributed by atoms with van der Waals surface area (Å²) in [6, 6.07) is 6.41. The van der Waals surface area contributed by atoms with E-state index in [1.54, 1.807) is 19.2 Å². The molecule has 14 heavy (non-hydrogen) atoms. The van der Waals surface area contributed by atoms with Crippen LogP contribution < -0.4 is 5.32 Å². The third-order valence-corrected chi connectivity index (χ3v) is 2.09. The molecule has 4 nitrogen and oxygen atoms in total. The van der Waals surface area contributed by atoms with Crippen LogP contribution in [0.2, 0.25) is 0 Å². The fraction of sp³-hybridized carbons (Fsp3) is 0.300. The number of likely N-dealkylation sites (N-methyl/N-ethyl adjacent to an activating group) is 1. The Morgan fingerprint density at radius 1 is 1.57 bits per heavy atom. The van der Waals surface area contributed by atoms with Crippen LogP contribution in [0.1, 0.15) is 17.2 Å². The molecule has 1 atom stereocenters. The molecule has 4 heteroatoms. The number of hydrogen-bond acceptors (Lipinski definition) is 4. The summed E-state index contributed by atoms with van der Waals surface area (Å²) in [5.41, 5.74) is 0.755. The number of rotatable bonds is 3. The number of nitrogens with zero attached hydrogens (tertiary/aromatic N) is 1. The standard InChI is InChI=1S/C10H12N2O2/c1-12-9(6-13)8-4-2-3-7(5-11)10(8)14/h2-4,9,12-14H,6H2,1H3/t9-/m0/s1. The second-order valence-electron chi connectivity index (χ2n) is 2.88. The summed E-state index contributed by atoms with van der Waals surface area (Å²) in [6.45, 7) is -0.126. The van der Waals surface area contributed by atoms with Crippen LogP contribution in [0.3, 0.4) is 0 Å². The minimum Gasteiger partial charge on any atom is -0.506 e. The first-order chi connectivity index (χ1) is 6.74. The number of phenols is 1. The Hall–Kier alpha value is -1.57. The molecule has 0 amide bonds. The van der Waals surface area contributed by atoms with Gasteiger partial charge in [0.15, 0.2) is 0 Å². The van der Waals surface area contributed by atoms with Crippen molar-refractivity contribution in [3.8, 4) is 11.8 Å². The zero-order valence-corrected chi connectivity index (χ0v) is 7.86. The highest BCUT2D eigenvalue weighted by atomic mass is 16.3. The van der Waals surface area contributed by atoms with Crippen molar-refractivity contribution in [2.45, 2.75) is 6.04 Å². The minimum absolute atomic E-state index is 0.0663. The average molecular weight is 192 g/mol. The first kappa shape index (κ1) is 10.5. The summed E-state index contributed by atoms with van der Waals surface area (Å²) in [5.74, 6) is -0.0663. The van der Waals surface area contributed by atoms with Crippen LogP contribution in [0.15, 0.2) is 18.2 Å². The maximum Gasteiger partial charge on any atom is 0.138 e. The Morgan fingerprint density at radius 2 is 2.29 bits per heavy atom. The van der Waals surface area contributed by atoms with Crippen molar-refractivity contribution in [3.63, 3.8) is 0 Å². The van der Waals surface area contributed by atoms with E-state index >= 15 is 0 Å². The second-order valence-corrected chi connectivity index (χ2v) is 2.88. The largest absolute Gasteiger partial charge is 0.506 e. The molecule has 0 aliphatic carbocycles. The van der Waals surface area contributed by atoms with Gasteiger partial charge in [-0.05, 0) is 13.1 Å². The lowest BCUT2D eigenvalue weighted by Crippen LogP contribution is -2.20. The molecule has 0 saturated heterocycles. The van der Waals surface area contributed by atoms with Gasteiger partial charge in [0.05, 0.1) is 18.2 Å². The number of nitrogens with one attached hydrogen (secondary N) is 1. The smallest absolute Gasteiger partial charge is 0.138 e. The molecule has 0 aromatic heterocycles. The van der Waals surface area contributed by atoms with Crippen molar-refractivity contribution < 1.29 is 10.2 Å². The van der Waals surface area contributed by atoms with Crippen molar-refractivity contribution >= 4 is 0 Å². The topological polar surface area (TPSA) is 76.3 Å². The van der Waals surface area contributed by atoms with Crippen molar-refractivity contribution in [1.29, 1.82) is 5.26 Å². The lowest BCUT2D eigenvalue weighted by Gasteiger charge is -2.15. The van der Waals surface area contributed by atoms with Crippen molar-refractivity contribution in [2.24, 2.45) is 0 Å². The van der Waals surface area contributed by atoms with Crippen molar-refractivity contribution in [3.05, 3.63) is 29.3 Å². The summed E-state index contributed by atoms with van der Waals surface area (Å²) in [6.07, 6.45) is 0. The number of benzene rings is 1. The van der Waals surface area contributed by atoms with E-state index in [-0.39, 0.29) is 24.0 Å². The van der Waals surface area contributed by atoms with Gasteiger partial charge in [-0.15, -0.1) is 0 Å². The van der Waals surface area contributed by atoms with Crippen LogP contribution in [0.5, 0.6) is 5.75 Å². The van der Waals surface area contributed by atoms with Gasteiger partial charge in [0.25, 0.3) is 0 Å². The third-order valence-electron chi connectivity index (χ3n) is 2.09. The average Bonchev–Trinajstić information content (AvgIpc) is 2.22. The molecule has 1 rings (SSSR count). The van der Waals surface area contributed by atoms with Crippen LogP contribution in [0.25, 0.3) is 0 Å². The molecule has 0 bridgehead atoms. The van der Waals surface area contributed by atoms with E-state index in [9.17, 15) is 5.11 Å². The van der Waals surface area contributed by atoms with Crippen LogP contribution >= 0.6 is 0 Å². The van der Waals surface area contributed by atoms with Gasteiger partial charge in [-0.2, -0.15) is 5.26 Å². The Balaban J connectivity index is 3.15. The van der Waals surface area contributed by atoms with Gasteiger partial charge in [-0.1, -0.05) is 12.1 Å². The maximum absolute atomic E-state index is 9.65. The Bertz CT molecular complexity index is 354. The molecular formula is C10H12N2O2. The fourth-order valence-corrected chi connectivity index (χ4v) is 1.28. The number of para-hydroxylation sites is 1. The lowest BCUT2D eigenvalue weighted by atomic mass is 10.0. The van der Waals surface area contributed by atoms with E-state index in [1.807, 2.05) is 6.07 Å². The van der Waals surface area contributed by atoms with Crippen molar-refractivity contribution in [1.82, 2.24) is 5.32 Å². The molecule has 1 aromatic rings. The fourth-order valence-electron chi connectivity index (χ4n) is 1.28. The SMILES string of the molecule is CN[C@@H](CO)c1cccc(C#N)c1O. The molecule has 0 aliphatic rings. The minimum atomic E-state index is -0.344. The summed E-state index contributed by atoms with van der Waals surface area (Å²) in [7, 11) is 1.68. The lowest BCUT2D eigenvalue weighted by molar-refractivity contribution is 0.248. The summed E-state index contributed by atoms with van der Waals surface area (Å²) in [4.78, 5) is 0. The van der Waals surface area contributed by atoms with E-state index in [0.717, 1.165) is 0 Å². The predicted molar refractivity (Wildman–Crippen MR) is 51.7 cm³/mol. The van der Waals surface area contributed by atoms with Crippen LogP contribution in [-0.4, -0.2) is 23.9 Å². The molecule has 0 aliphatic heterocycles. The van der Waals surface area contributed by atoms with E-state index in [1.165, 1.54) is 6.07 Å². The van der Waals surface area contributed by atoms with Gasteiger partial charge >= 0.3 is 0 Å². The van der Waals surface area contributed by atoms with Crippen LogP contribution in [0, 0.1) is 11.3 Å². The maximum atomic E-state index is 9.65. The number of nitriles is 1. The summed E-state index contributed by atoms with van der Waals surface area (Å²) in [5, 5.41) is 30.2. The number of aromatic hydroxyl groups is 1. The molecule has 0 radical (unpaired) electrons. The number of hydrogen-bond donors (Lipinski definition) is 3. The summed E-state index contributed by atoms with van der Waals surface area (Å²) < 4.78 is 0. The number of aliphatic hydroxyl groups excluding tert-OH is 1. The monoisotopic (exact) mass is 192 g/mol. The predicted octanol–water partition coefficient (Wildman–Crippen LogP) is 0.517. The second kappa shape index (κ2) is 4.61. The molecular weight excluding hydrogens is 180 g/mol. The molecule has 3 N–H and O–H groups in total. The zero-order chi connectivity index (χ0) is 10.6. The van der Waals surface area contributed by atoms with Gasteiger partial charge in [-0.25, -0.2) is 0 Å². The molecule has 0 spiro atoms. The normalized spacial score (nSPS) is 12.1. The van der Waals surface area contributed by atoms with Crippen LogP contribution in [0.4, 0.5) is 0 Å². The molecule has 0 unspecified atom stereocenters. The molecule has 0 fully saturated rings. The molecule has 74 valence electrons. The van der Waals surface area contributed by atoms with Gasteiger partial charge in [0, 0.05) is 5.56 Å². The Kier molecular flexibility index (Phi) is 3.46. The number of phenolic OH excluding ortho intramolecular Hbond substituents is 1. The van der Waals surface area contributed by atoms with Gasteiger partial charge in [0.1, 0.15) is 11.8 Å². The molecule has 0 saturated carbocycles. The third kappa shape index (κ3) is 1.84. The van der Waals surface area contributed by atoms with Crippen molar-refractivity contribution in [2.75, 3.05) is 13.7 Å². The molecule has 1 aromatic carbocycles. The first-order valence-corrected chi connectivity index (χ1v) is 4.24. The highest BCUT2D eigenvalue weighted by Gasteiger charge is 2.14. The van der Waals surface area contributed by atoms with E-state index < -0.39 is 0 Å². The van der Waals surface area contributed by atoms with Crippen LogP contribution in [-0.2, 0) is 0 Å². The summed E-state index contributed by atoms with van der Waals surface area (Å²) >= 11 is 0. The molecule has 0 heterocycles. The first-order valence-electron chi connectivity index (χ1n) is 4.24. The quantitative estimate of drug-likeness (QED) is 0.652.